The first-order chi connectivity index (χ1) is 6.24. The number of carbonyl (C=O) groups is 1. The second-order valence-electron chi connectivity index (χ2n) is 2.99. The molecule has 0 amide bonds. The Morgan fingerprint density at radius 3 is 2.54 bits per heavy atom. The summed E-state index contributed by atoms with van der Waals surface area (Å²) in [5.74, 6) is 0.942. The van der Waals surface area contributed by atoms with Crippen LogP contribution in [0, 0.1) is 0 Å². The summed E-state index contributed by atoms with van der Waals surface area (Å²) >= 11 is 0. The highest BCUT2D eigenvalue weighted by atomic mass is 16.5. The van der Waals surface area contributed by atoms with E-state index in [1.165, 1.54) is 0 Å². The third-order valence-electron chi connectivity index (χ3n) is 1.67. The zero-order valence-electron chi connectivity index (χ0n) is 7.73. The van der Waals surface area contributed by atoms with E-state index in [-0.39, 0.29) is 6.61 Å². The van der Waals surface area contributed by atoms with Crippen molar-refractivity contribution < 1.29 is 9.53 Å². The normalized spacial score (nSPS) is 10.1. The molecular weight excluding hydrogens is 168 g/mol. The van der Waals surface area contributed by atoms with Gasteiger partial charge in [-0.05, 0) is 11.5 Å². The Morgan fingerprint density at radius 2 is 2.08 bits per heavy atom. The molecule has 4 heteroatoms. The minimum Gasteiger partial charge on any atom is -0.460 e. The third kappa shape index (κ3) is 2.82. The zero-order valence-corrected chi connectivity index (χ0v) is 7.73. The lowest BCUT2D eigenvalue weighted by Crippen LogP contribution is -1.99. The van der Waals surface area contributed by atoms with Gasteiger partial charge in [-0.3, -0.25) is 4.79 Å². The number of rotatable bonds is 4. The lowest BCUT2D eigenvalue weighted by Gasteiger charge is -2.03. The van der Waals surface area contributed by atoms with Crippen molar-refractivity contribution in [1.82, 2.24) is 9.97 Å². The van der Waals surface area contributed by atoms with Gasteiger partial charge in [-0.25, -0.2) is 9.97 Å². The smallest absolute Gasteiger partial charge is 0.293 e. The van der Waals surface area contributed by atoms with Crippen molar-refractivity contribution in [2.45, 2.75) is 26.4 Å². The highest BCUT2D eigenvalue weighted by Crippen LogP contribution is 2.10. The van der Waals surface area contributed by atoms with Crippen molar-refractivity contribution >= 4 is 6.47 Å². The second-order valence-corrected chi connectivity index (χ2v) is 2.99. The van der Waals surface area contributed by atoms with E-state index in [0.717, 1.165) is 5.56 Å². The van der Waals surface area contributed by atoms with Gasteiger partial charge in [-0.1, -0.05) is 13.8 Å². The van der Waals surface area contributed by atoms with Crippen LogP contribution in [0.1, 0.15) is 31.2 Å². The largest absolute Gasteiger partial charge is 0.460 e. The monoisotopic (exact) mass is 180 g/mol. The van der Waals surface area contributed by atoms with Gasteiger partial charge >= 0.3 is 0 Å². The van der Waals surface area contributed by atoms with E-state index in [0.29, 0.717) is 18.2 Å². The van der Waals surface area contributed by atoms with Crippen LogP contribution in [0.2, 0.25) is 0 Å². The van der Waals surface area contributed by atoms with Crippen LogP contribution >= 0.6 is 0 Å². The maximum Gasteiger partial charge on any atom is 0.293 e. The molecular formula is C9H12N2O2. The topological polar surface area (TPSA) is 52.1 Å². The number of ether oxygens (including phenoxy) is 1. The Morgan fingerprint density at radius 1 is 1.46 bits per heavy atom. The van der Waals surface area contributed by atoms with Crippen LogP contribution in [0.25, 0.3) is 0 Å². The molecule has 0 radical (unpaired) electrons. The lowest BCUT2D eigenvalue weighted by atomic mass is 10.1. The number of hydrogen-bond acceptors (Lipinski definition) is 4. The average molecular weight is 180 g/mol. The Balaban J connectivity index is 2.64. The summed E-state index contributed by atoms with van der Waals surface area (Å²) in [7, 11) is 0. The minimum atomic E-state index is 0.141. The van der Waals surface area contributed by atoms with Crippen LogP contribution in [-0.2, 0) is 16.1 Å². The van der Waals surface area contributed by atoms with Crippen LogP contribution in [0.4, 0.5) is 0 Å². The molecule has 0 saturated carbocycles. The molecule has 1 heterocycles. The summed E-state index contributed by atoms with van der Waals surface area (Å²) in [5, 5.41) is 0. The van der Waals surface area contributed by atoms with Crippen molar-refractivity contribution in [2.24, 2.45) is 0 Å². The summed E-state index contributed by atoms with van der Waals surface area (Å²) in [6.45, 7) is 4.67. The van der Waals surface area contributed by atoms with Crippen molar-refractivity contribution in [3.63, 3.8) is 0 Å². The van der Waals surface area contributed by atoms with Gasteiger partial charge in [-0.2, -0.15) is 0 Å². The van der Waals surface area contributed by atoms with E-state index >= 15 is 0 Å². The fourth-order valence-corrected chi connectivity index (χ4v) is 0.846. The molecule has 0 aliphatic carbocycles. The molecule has 1 aromatic heterocycles. The van der Waals surface area contributed by atoms with E-state index < -0.39 is 0 Å². The molecule has 13 heavy (non-hydrogen) atoms. The first kappa shape index (κ1) is 9.64. The SMILES string of the molecule is CC(C)c1cnc(COC=O)nc1. The van der Waals surface area contributed by atoms with Gasteiger partial charge in [0, 0.05) is 12.4 Å². The second kappa shape index (κ2) is 4.54. The van der Waals surface area contributed by atoms with Crippen LogP contribution in [0.3, 0.4) is 0 Å². The van der Waals surface area contributed by atoms with Gasteiger partial charge < -0.3 is 4.74 Å². The Labute approximate surface area is 77.0 Å². The highest BCUT2D eigenvalue weighted by Gasteiger charge is 2.00. The Hall–Kier alpha value is -1.45. The third-order valence-corrected chi connectivity index (χ3v) is 1.67. The molecule has 0 aromatic carbocycles. The number of nitrogens with zero attached hydrogens (tertiary/aromatic N) is 2. The van der Waals surface area contributed by atoms with E-state index in [9.17, 15) is 4.79 Å². The van der Waals surface area contributed by atoms with Gasteiger partial charge in [0.2, 0.25) is 0 Å². The fraction of sp³-hybridized carbons (Fsp3) is 0.444. The van der Waals surface area contributed by atoms with E-state index in [2.05, 4.69) is 28.6 Å². The minimum absolute atomic E-state index is 0.141. The summed E-state index contributed by atoms with van der Waals surface area (Å²) in [4.78, 5) is 18.0. The maximum atomic E-state index is 9.88. The first-order valence-electron chi connectivity index (χ1n) is 4.10. The number of aromatic nitrogens is 2. The number of hydrogen-bond donors (Lipinski definition) is 0. The van der Waals surface area contributed by atoms with Crippen LogP contribution < -0.4 is 0 Å². The zero-order chi connectivity index (χ0) is 9.68. The summed E-state index contributed by atoms with van der Waals surface area (Å²) in [5.41, 5.74) is 1.08. The summed E-state index contributed by atoms with van der Waals surface area (Å²) in [6, 6.07) is 0. The van der Waals surface area contributed by atoms with Gasteiger partial charge in [-0.15, -0.1) is 0 Å². The molecule has 0 N–H and O–H groups in total. The Kier molecular flexibility index (Phi) is 3.37. The molecule has 4 nitrogen and oxygen atoms in total. The fourth-order valence-electron chi connectivity index (χ4n) is 0.846. The van der Waals surface area contributed by atoms with Gasteiger partial charge in [0.05, 0.1) is 0 Å². The molecule has 70 valence electrons. The van der Waals surface area contributed by atoms with Crippen molar-refractivity contribution in [3.8, 4) is 0 Å². The summed E-state index contributed by atoms with van der Waals surface area (Å²) in [6.07, 6.45) is 3.50. The average Bonchev–Trinajstić information content (AvgIpc) is 2.15. The molecule has 0 fully saturated rings. The van der Waals surface area contributed by atoms with Gasteiger partial charge in [0.15, 0.2) is 12.4 Å². The predicted octanol–water partition coefficient (Wildman–Crippen LogP) is 1.27. The molecule has 1 rings (SSSR count). The standard InChI is InChI=1S/C9H12N2O2/c1-7(2)8-3-10-9(11-4-8)5-13-6-12/h3-4,6-7H,5H2,1-2H3. The van der Waals surface area contributed by atoms with Crippen LogP contribution in [0.5, 0.6) is 0 Å². The van der Waals surface area contributed by atoms with E-state index in [1.54, 1.807) is 12.4 Å². The molecule has 0 bridgehead atoms. The van der Waals surface area contributed by atoms with Gasteiger partial charge in [0.1, 0.15) is 0 Å². The molecule has 0 aliphatic heterocycles. The van der Waals surface area contributed by atoms with E-state index in [1.807, 2.05) is 0 Å². The highest BCUT2D eigenvalue weighted by molar-refractivity contribution is 5.36. The van der Waals surface area contributed by atoms with Gasteiger partial charge in [0.25, 0.3) is 6.47 Å². The molecule has 0 spiro atoms. The molecule has 0 unspecified atom stereocenters. The van der Waals surface area contributed by atoms with E-state index in [4.69, 9.17) is 0 Å². The van der Waals surface area contributed by atoms with Crippen molar-refractivity contribution in [3.05, 3.63) is 23.8 Å². The van der Waals surface area contributed by atoms with Crippen molar-refractivity contribution in [2.75, 3.05) is 0 Å². The maximum absolute atomic E-state index is 9.88. The summed E-state index contributed by atoms with van der Waals surface area (Å²) < 4.78 is 4.51. The van der Waals surface area contributed by atoms with Crippen LogP contribution in [-0.4, -0.2) is 16.4 Å². The molecule has 1 aromatic rings. The molecule has 0 saturated heterocycles. The Bertz CT molecular complexity index is 269. The predicted molar refractivity (Wildman–Crippen MR) is 47.0 cm³/mol. The van der Waals surface area contributed by atoms with Crippen molar-refractivity contribution in [1.29, 1.82) is 0 Å². The van der Waals surface area contributed by atoms with Crippen LogP contribution in [0.15, 0.2) is 12.4 Å². The molecule has 0 aliphatic rings. The lowest BCUT2D eigenvalue weighted by molar-refractivity contribution is -0.130. The quantitative estimate of drug-likeness (QED) is 0.655. The molecule has 0 atom stereocenters. The number of carbonyl (C=O) groups excluding carboxylic acids is 1. The first-order valence-corrected chi connectivity index (χ1v) is 4.10.